The molecule has 0 saturated carbocycles. The molecule has 0 atom stereocenters. The molecule has 0 radical (unpaired) electrons. The lowest BCUT2D eigenvalue weighted by molar-refractivity contribution is 0.0766. The van der Waals surface area contributed by atoms with Gasteiger partial charge in [0.2, 0.25) is 5.95 Å². The van der Waals surface area contributed by atoms with Crippen LogP contribution in [0.3, 0.4) is 0 Å². The van der Waals surface area contributed by atoms with Crippen molar-refractivity contribution < 1.29 is 4.79 Å². The Hall–Kier alpha value is -2.96. The molecular weight excluding hydrogens is 304 g/mol. The Morgan fingerprint density at radius 1 is 0.958 bits per heavy atom. The number of amides is 1. The normalized spacial score (nSPS) is 15.5. The van der Waals surface area contributed by atoms with E-state index in [0.29, 0.717) is 12.1 Å². The Morgan fingerprint density at radius 3 is 2.71 bits per heavy atom. The molecule has 0 bridgehead atoms. The molecule has 7 heteroatoms. The molecule has 3 aromatic heterocycles. The zero-order valence-electron chi connectivity index (χ0n) is 13.2. The van der Waals surface area contributed by atoms with E-state index in [0.717, 1.165) is 37.7 Å². The number of anilines is 1. The molecule has 3 aromatic rings. The van der Waals surface area contributed by atoms with Gasteiger partial charge in [-0.3, -0.25) is 4.79 Å². The third-order valence-corrected chi connectivity index (χ3v) is 4.25. The van der Waals surface area contributed by atoms with E-state index in [1.807, 2.05) is 39.9 Å². The smallest absolute Gasteiger partial charge is 0.255 e. The van der Waals surface area contributed by atoms with Gasteiger partial charge in [0.15, 0.2) is 0 Å². The monoisotopic (exact) mass is 322 g/mol. The molecule has 0 unspecified atom stereocenters. The number of carbonyl (C=O) groups excluding carboxylic acids is 1. The van der Waals surface area contributed by atoms with Crippen LogP contribution in [0.1, 0.15) is 16.8 Å². The van der Waals surface area contributed by atoms with Crippen LogP contribution in [-0.2, 0) is 0 Å². The maximum atomic E-state index is 12.8. The van der Waals surface area contributed by atoms with Gasteiger partial charge in [0.25, 0.3) is 5.91 Å². The van der Waals surface area contributed by atoms with Gasteiger partial charge in [0, 0.05) is 57.2 Å². The summed E-state index contributed by atoms with van der Waals surface area (Å²) in [6.07, 6.45) is 9.81. The van der Waals surface area contributed by atoms with Gasteiger partial charge in [-0.1, -0.05) is 0 Å². The highest BCUT2D eigenvalue weighted by Gasteiger charge is 2.21. The van der Waals surface area contributed by atoms with Crippen LogP contribution < -0.4 is 4.90 Å². The van der Waals surface area contributed by atoms with Crippen LogP contribution in [0, 0.1) is 0 Å². The molecule has 24 heavy (non-hydrogen) atoms. The molecule has 0 spiro atoms. The highest BCUT2D eigenvalue weighted by atomic mass is 16.2. The van der Waals surface area contributed by atoms with Crippen LogP contribution in [0.4, 0.5) is 5.95 Å². The Bertz CT molecular complexity index is 846. The fraction of sp³-hybridized carbons (Fsp3) is 0.294. The average Bonchev–Trinajstić information content (AvgIpc) is 2.96. The first-order valence-corrected chi connectivity index (χ1v) is 8.05. The second-order valence-corrected chi connectivity index (χ2v) is 5.79. The summed E-state index contributed by atoms with van der Waals surface area (Å²) in [5.74, 6) is 0.785. The van der Waals surface area contributed by atoms with Crippen LogP contribution >= 0.6 is 0 Å². The van der Waals surface area contributed by atoms with Crippen LogP contribution in [-0.4, -0.2) is 56.3 Å². The lowest BCUT2D eigenvalue weighted by Crippen LogP contribution is -2.35. The predicted molar refractivity (Wildman–Crippen MR) is 90.0 cm³/mol. The molecule has 7 nitrogen and oxygen atoms in total. The predicted octanol–water partition coefficient (Wildman–Crippen LogP) is 1.48. The fourth-order valence-corrected chi connectivity index (χ4v) is 3.00. The largest absolute Gasteiger partial charge is 0.339 e. The van der Waals surface area contributed by atoms with Gasteiger partial charge in [-0.15, -0.1) is 0 Å². The molecule has 1 amide bonds. The van der Waals surface area contributed by atoms with Gasteiger partial charge in [0.05, 0.1) is 5.56 Å². The first-order chi connectivity index (χ1) is 11.8. The molecule has 122 valence electrons. The molecule has 1 fully saturated rings. The first-order valence-electron chi connectivity index (χ1n) is 8.05. The van der Waals surface area contributed by atoms with Crippen LogP contribution in [0.25, 0.3) is 5.65 Å². The summed E-state index contributed by atoms with van der Waals surface area (Å²) in [6, 6.07) is 5.52. The third kappa shape index (κ3) is 2.80. The summed E-state index contributed by atoms with van der Waals surface area (Å²) < 4.78 is 1.87. The van der Waals surface area contributed by atoms with Crippen molar-refractivity contribution in [1.82, 2.24) is 24.3 Å². The van der Waals surface area contributed by atoms with Gasteiger partial charge < -0.3 is 14.2 Å². The topological polar surface area (TPSA) is 66.6 Å². The maximum absolute atomic E-state index is 12.8. The number of fused-ring (bicyclic) bond motifs is 1. The molecule has 1 aliphatic heterocycles. The molecule has 4 rings (SSSR count). The van der Waals surface area contributed by atoms with E-state index < -0.39 is 0 Å². The van der Waals surface area contributed by atoms with Crippen molar-refractivity contribution in [3.8, 4) is 0 Å². The number of nitrogens with zero attached hydrogens (tertiary/aromatic N) is 6. The number of imidazole rings is 1. The van der Waals surface area contributed by atoms with Crippen molar-refractivity contribution in [2.75, 3.05) is 31.1 Å². The third-order valence-electron chi connectivity index (χ3n) is 4.25. The molecular formula is C17H18N6O. The number of hydrogen-bond donors (Lipinski definition) is 0. The molecule has 0 aromatic carbocycles. The minimum absolute atomic E-state index is 0.0569. The van der Waals surface area contributed by atoms with E-state index in [-0.39, 0.29) is 5.91 Å². The quantitative estimate of drug-likeness (QED) is 0.715. The molecule has 1 saturated heterocycles. The minimum atomic E-state index is 0.0569. The average molecular weight is 322 g/mol. The van der Waals surface area contributed by atoms with Gasteiger partial charge in [0.1, 0.15) is 5.65 Å². The number of carbonyl (C=O) groups is 1. The molecule has 0 N–H and O–H groups in total. The van der Waals surface area contributed by atoms with Crippen molar-refractivity contribution >= 4 is 17.5 Å². The van der Waals surface area contributed by atoms with E-state index in [9.17, 15) is 4.79 Å². The highest BCUT2D eigenvalue weighted by molar-refractivity contribution is 5.94. The van der Waals surface area contributed by atoms with Crippen LogP contribution in [0.5, 0.6) is 0 Å². The van der Waals surface area contributed by atoms with E-state index in [2.05, 4.69) is 19.9 Å². The summed E-state index contributed by atoms with van der Waals surface area (Å²) in [7, 11) is 0. The summed E-state index contributed by atoms with van der Waals surface area (Å²) in [6.45, 7) is 3.00. The lowest BCUT2D eigenvalue weighted by atomic mass is 10.2. The second kappa shape index (κ2) is 6.27. The Kier molecular flexibility index (Phi) is 3.82. The van der Waals surface area contributed by atoms with Gasteiger partial charge in [-0.05, 0) is 24.6 Å². The summed E-state index contributed by atoms with van der Waals surface area (Å²) in [4.78, 5) is 29.6. The summed E-state index contributed by atoms with van der Waals surface area (Å²) in [5, 5.41) is 0. The minimum Gasteiger partial charge on any atom is -0.339 e. The number of aromatic nitrogens is 4. The van der Waals surface area contributed by atoms with Crippen molar-refractivity contribution in [1.29, 1.82) is 0 Å². The van der Waals surface area contributed by atoms with E-state index >= 15 is 0 Å². The van der Waals surface area contributed by atoms with Crippen LogP contribution in [0.15, 0.2) is 49.2 Å². The SMILES string of the molecule is O=C(c1ccc2nccn2c1)N1CCCN(c2ncccn2)CC1. The van der Waals surface area contributed by atoms with E-state index in [1.54, 1.807) is 18.6 Å². The summed E-state index contributed by atoms with van der Waals surface area (Å²) >= 11 is 0. The Balaban J connectivity index is 1.49. The zero-order valence-corrected chi connectivity index (χ0v) is 13.2. The Morgan fingerprint density at radius 2 is 1.83 bits per heavy atom. The number of rotatable bonds is 2. The van der Waals surface area contributed by atoms with Gasteiger partial charge in [-0.25, -0.2) is 15.0 Å². The first kappa shape index (κ1) is 14.6. The van der Waals surface area contributed by atoms with Gasteiger partial charge >= 0.3 is 0 Å². The van der Waals surface area contributed by atoms with Crippen molar-refractivity contribution in [3.63, 3.8) is 0 Å². The second-order valence-electron chi connectivity index (χ2n) is 5.79. The van der Waals surface area contributed by atoms with Gasteiger partial charge in [-0.2, -0.15) is 0 Å². The van der Waals surface area contributed by atoms with Crippen molar-refractivity contribution in [2.24, 2.45) is 0 Å². The Labute approximate surface area is 139 Å². The number of pyridine rings is 1. The maximum Gasteiger partial charge on any atom is 0.255 e. The van der Waals surface area contributed by atoms with Crippen molar-refractivity contribution in [3.05, 3.63) is 54.7 Å². The highest BCUT2D eigenvalue weighted by Crippen LogP contribution is 2.13. The zero-order chi connectivity index (χ0) is 16.4. The molecule has 0 aliphatic carbocycles. The molecule has 4 heterocycles. The summed E-state index contributed by atoms with van der Waals surface area (Å²) in [5.41, 5.74) is 1.53. The lowest BCUT2D eigenvalue weighted by Gasteiger charge is -2.22. The van der Waals surface area contributed by atoms with E-state index in [4.69, 9.17) is 0 Å². The standard InChI is InChI=1S/C17H18N6O/c24-16(14-3-4-15-18-7-10-23(15)13-14)21-8-2-9-22(12-11-21)17-19-5-1-6-20-17/h1,3-7,10,13H,2,8-9,11-12H2. The van der Waals surface area contributed by atoms with Crippen LogP contribution in [0.2, 0.25) is 0 Å². The van der Waals surface area contributed by atoms with Crippen molar-refractivity contribution in [2.45, 2.75) is 6.42 Å². The molecule has 1 aliphatic rings. The fourth-order valence-electron chi connectivity index (χ4n) is 3.00. The number of hydrogen-bond acceptors (Lipinski definition) is 5. The van der Waals surface area contributed by atoms with E-state index in [1.165, 1.54) is 0 Å².